The van der Waals surface area contributed by atoms with Gasteiger partial charge in [-0.1, -0.05) is 13.3 Å². The fourth-order valence-corrected chi connectivity index (χ4v) is 2.20. The number of nitrogen functional groups attached to an aromatic ring is 1. The van der Waals surface area contributed by atoms with Crippen LogP contribution in [0.4, 0.5) is 5.69 Å². The second-order valence-corrected chi connectivity index (χ2v) is 4.75. The average Bonchev–Trinajstić information content (AvgIpc) is 2.09. The lowest BCUT2D eigenvalue weighted by atomic mass is 10.4. The number of pyridine rings is 1. The molecular weight excluding hydrogens is 248 g/mol. The molecule has 0 saturated heterocycles. The SMILES string of the molecule is CCCCSc1ncc(Br)cc1N. The first-order valence-electron chi connectivity index (χ1n) is 4.28. The van der Waals surface area contributed by atoms with Crippen molar-refractivity contribution in [1.82, 2.24) is 4.98 Å². The molecule has 0 aliphatic carbocycles. The number of halogens is 1. The molecule has 1 heterocycles. The van der Waals surface area contributed by atoms with E-state index in [-0.39, 0.29) is 0 Å². The van der Waals surface area contributed by atoms with Crippen LogP contribution in [0.5, 0.6) is 0 Å². The van der Waals surface area contributed by atoms with Crippen LogP contribution < -0.4 is 5.73 Å². The Morgan fingerprint density at radius 3 is 3.00 bits per heavy atom. The average molecular weight is 261 g/mol. The van der Waals surface area contributed by atoms with Crippen molar-refractivity contribution in [2.45, 2.75) is 24.8 Å². The van der Waals surface area contributed by atoms with Gasteiger partial charge in [-0.2, -0.15) is 0 Å². The second kappa shape index (κ2) is 5.50. The van der Waals surface area contributed by atoms with Crippen molar-refractivity contribution in [3.8, 4) is 0 Å². The van der Waals surface area contributed by atoms with E-state index in [1.54, 1.807) is 18.0 Å². The summed E-state index contributed by atoms with van der Waals surface area (Å²) in [6.45, 7) is 2.18. The Kier molecular flexibility index (Phi) is 4.59. The Hall–Kier alpha value is -0.220. The molecule has 0 bridgehead atoms. The van der Waals surface area contributed by atoms with Crippen molar-refractivity contribution in [1.29, 1.82) is 0 Å². The highest BCUT2D eigenvalue weighted by atomic mass is 79.9. The topological polar surface area (TPSA) is 38.9 Å². The highest BCUT2D eigenvalue weighted by Crippen LogP contribution is 2.25. The number of aromatic nitrogens is 1. The highest BCUT2D eigenvalue weighted by Gasteiger charge is 2.01. The summed E-state index contributed by atoms with van der Waals surface area (Å²) in [5.74, 6) is 1.09. The van der Waals surface area contributed by atoms with Crippen LogP contribution in [0.1, 0.15) is 19.8 Å². The predicted octanol–water partition coefficient (Wildman–Crippen LogP) is 3.32. The molecule has 0 aliphatic heterocycles. The predicted molar refractivity (Wildman–Crippen MR) is 62.0 cm³/mol. The molecule has 1 aromatic rings. The van der Waals surface area contributed by atoms with Crippen LogP contribution in [-0.4, -0.2) is 10.7 Å². The van der Waals surface area contributed by atoms with Crippen LogP contribution in [0.25, 0.3) is 0 Å². The highest BCUT2D eigenvalue weighted by molar-refractivity contribution is 9.10. The first-order valence-corrected chi connectivity index (χ1v) is 6.05. The summed E-state index contributed by atoms with van der Waals surface area (Å²) in [5.41, 5.74) is 6.55. The third-order valence-electron chi connectivity index (χ3n) is 1.58. The minimum atomic E-state index is 0.760. The second-order valence-electron chi connectivity index (χ2n) is 2.75. The lowest BCUT2D eigenvalue weighted by Gasteiger charge is -2.03. The van der Waals surface area contributed by atoms with E-state index in [2.05, 4.69) is 27.8 Å². The van der Waals surface area contributed by atoms with Crippen molar-refractivity contribution in [2.75, 3.05) is 11.5 Å². The summed E-state index contributed by atoms with van der Waals surface area (Å²) in [7, 11) is 0. The number of nitrogens with two attached hydrogens (primary N) is 1. The van der Waals surface area contributed by atoms with Crippen molar-refractivity contribution < 1.29 is 0 Å². The number of hydrogen-bond donors (Lipinski definition) is 1. The van der Waals surface area contributed by atoms with Crippen molar-refractivity contribution in [2.24, 2.45) is 0 Å². The largest absolute Gasteiger partial charge is 0.397 e. The Balaban J connectivity index is 2.56. The zero-order chi connectivity index (χ0) is 9.68. The molecule has 1 rings (SSSR count). The lowest BCUT2D eigenvalue weighted by Crippen LogP contribution is -1.92. The maximum atomic E-state index is 5.79. The molecule has 0 fully saturated rings. The van der Waals surface area contributed by atoms with Crippen LogP contribution >= 0.6 is 27.7 Å². The Morgan fingerprint density at radius 2 is 2.38 bits per heavy atom. The molecule has 0 unspecified atom stereocenters. The number of rotatable bonds is 4. The van der Waals surface area contributed by atoms with E-state index in [1.165, 1.54) is 12.8 Å². The number of thioether (sulfide) groups is 1. The summed E-state index contributed by atoms with van der Waals surface area (Å²) in [6.07, 6.45) is 4.20. The molecule has 0 aliphatic rings. The van der Waals surface area contributed by atoms with E-state index in [9.17, 15) is 0 Å². The molecule has 2 N–H and O–H groups in total. The van der Waals surface area contributed by atoms with Gasteiger partial charge >= 0.3 is 0 Å². The zero-order valence-electron chi connectivity index (χ0n) is 7.59. The van der Waals surface area contributed by atoms with Gasteiger partial charge in [0, 0.05) is 10.7 Å². The maximum absolute atomic E-state index is 5.79. The summed E-state index contributed by atoms with van der Waals surface area (Å²) in [6, 6.07) is 1.89. The van der Waals surface area contributed by atoms with Gasteiger partial charge in [0.15, 0.2) is 0 Å². The van der Waals surface area contributed by atoms with Crippen molar-refractivity contribution in [3.63, 3.8) is 0 Å². The minimum Gasteiger partial charge on any atom is -0.397 e. The van der Waals surface area contributed by atoms with Gasteiger partial charge in [-0.05, 0) is 34.2 Å². The summed E-state index contributed by atoms with van der Waals surface area (Å²) in [5, 5.41) is 0.941. The van der Waals surface area contributed by atoms with Gasteiger partial charge in [0.25, 0.3) is 0 Å². The molecule has 0 spiro atoms. The Labute approximate surface area is 91.4 Å². The Bertz CT molecular complexity index is 278. The molecule has 0 saturated carbocycles. The van der Waals surface area contributed by atoms with Gasteiger partial charge < -0.3 is 5.73 Å². The minimum absolute atomic E-state index is 0.760. The van der Waals surface area contributed by atoms with Gasteiger partial charge in [-0.15, -0.1) is 11.8 Å². The van der Waals surface area contributed by atoms with E-state index in [1.807, 2.05) is 6.07 Å². The number of anilines is 1. The maximum Gasteiger partial charge on any atom is 0.119 e. The molecule has 0 aromatic carbocycles. The van der Waals surface area contributed by atoms with Crippen molar-refractivity contribution >= 4 is 33.4 Å². The fraction of sp³-hybridized carbons (Fsp3) is 0.444. The van der Waals surface area contributed by atoms with E-state index in [4.69, 9.17) is 5.73 Å². The monoisotopic (exact) mass is 260 g/mol. The van der Waals surface area contributed by atoms with E-state index in [0.717, 1.165) is 20.9 Å². The third kappa shape index (κ3) is 3.56. The molecule has 1 aromatic heterocycles. The number of unbranched alkanes of at least 4 members (excludes halogenated alkanes) is 1. The third-order valence-corrected chi connectivity index (χ3v) is 3.12. The zero-order valence-corrected chi connectivity index (χ0v) is 9.99. The molecule has 0 amide bonds. The van der Waals surface area contributed by atoms with Gasteiger partial charge in [0.05, 0.1) is 5.69 Å². The first-order chi connectivity index (χ1) is 6.24. The van der Waals surface area contributed by atoms with Crippen LogP contribution in [0.3, 0.4) is 0 Å². The van der Waals surface area contributed by atoms with Gasteiger partial charge in [-0.3, -0.25) is 0 Å². The molecule has 2 nitrogen and oxygen atoms in total. The van der Waals surface area contributed by atoms with Crippen molar-refractivity contribution in [3.05, 3.63) is 16.7 Å². The molecule has 72 valence electrons. The quantitative estimate of drug-likeness (QED) is 0.667. The summed E-state index contributed by atoms with van der Waals surface area (Å²) < 4.78 is 0.935. The van der Waals surface area contributed by atoms with Crippen LogP contribution in [0, 0.1) is 0 Å². The standard InChI is InChI=1S/C9H13BrN2S/c1-2-3-4-13-9-8(11)5-7(10)6-12-9/h5-6H,2-4,11H2,1H3. The molecule has 0 radical (unpaired) electrons. The van der Waals surface area contributed by atoms with Gasteiger partial charge in [0.1, 0.15) is 5.03 Å². The molecular formula is C9H13BrN2S. The van der Waals surface area contributed by atoms with E-state index in [0.29, 0.717) is 0 Å². The molecule has 13 heavy (non-hydrogen) atoms. The number of nitrogens with zero attached hydrogens (tertiary/aromatic N) is 1. The van der Waals surface area contributed by atoms with Gasteiger partial charge in [-0.25, -0.2) is 4.98 Å². The van der Waals surface area contributed by atoms with Gasteiger partial charge in [0.2, 0.25) is 0 Å². The smallest absolute Gasteiger partial charge is 0.119 e. The Morgan fingerprint density at radius 1 is 1.62 bits per heavy atom. The fourth-order valence-electron chi connectivity index (χ4n) is 0.876. The van der Waals surface area contributed by atoms with E-state index >= 15 is 0 Å². The number of hydrogen-bond acceptors (Lipinski definition) is 3. The van der Waals surface area contributed by atoms with E-state index < -0.39 is 0 Å². The summed E-state index contributed by atoms with van der Waals surface area (Å²) >= 11 is 5.05. The van der Waals surface area contributed by atoms with Crippen LogP contribution in [0.2, 0.25) is 0 Å². The summed E-state index contributed by atoms with van der Waals surface area (Å²) in [4.78, 5) is 4.24. The normalized spacial score (nSPS) is 10.3. The van der Waals surface area contributed by atoms with Crippen LogP contribution in [0.15, 0.2) is 21.8 Å². The molecule has 0 atom stereocenters. The first kappa shape index (κ1) is 10.9. The lowest BCUT2D eigenvalue weighted by molar-refractivity contribution is 0.894. The molecule has 4 heteroatoms. The van der Waals surface area contributed by atoms with Crippen LogP contribution in [-0.2, 0) is 0 Å².